The van der Waals surface area contributed by atoms with Crippen molar-refractivity contribution in [1.82, 2.24) is 0 Å². The third-order valence-electron chi connectivity index (χ3n) is 3.99. The van der Waals surface area contributed by atoms with Gasteiger partial charge in [0, 0.05) is 0 Å². The molecule has 4 aromatic carbocycles. The molecule has 0 nitrogen and oxygen atoms in total. The molecule has 4 aromatic rings. The van der Waals surface area contributed by atoms with Crippen LogP contribution >= 0.6 is 22.2 Å². The molecule has 0 aromatic heterocycles. The van der Waals surface area contributed by atoms with Crippen LogP contribution in [0.5, 0.6) is 0 Å². The van der Waals surface area contributed by atoms with E-state index in [0.29, 0.717) is 0 Å². The fourth-order valence-corrected chi connectivity index (χ4v) is 4.90. The van der Waals surface area contributed by atoms with Crippen LogP contribution in [-0.2, 0) is 0 Å². The molecule has 21 heavy (non-hydrogen) atoms. The van der Waals surface area contributed by atoms with Gasteiger partial charge in [-0.05, 0) is 49.6 Å². The maximum absolute atomic E-state index is 6.31. The second-order valence-corrected chi connectivity index (χ2v) is 9.74. The Labute approximate surface area is 133 Å². The number of hydrogen-bond acceptors (Lipinski definition) is 0. The Morgan fingerprint density at radius 2 is 1.29 bits per heavy atom. The fourth-order valence-electron chi connectivity index (χ4n) is 3.01. The van der Waals surface area contributed by atoms with Gasteiger partial charge in [-0.3, -0.25) is 0 Å². The Morgan fingerprint density at radius 1 is 0.619 bits per heavy atom. The number of hydrogen-bond donors (Lipinski definition) is 0. The van der Waals surface area contributed by atoms with Gasteiger partial charge in [-0.25, -0.2) is 0 Å². The van der Waals surface area contributed by atoms with Crippen LogP contribution in [0.2, 0.25) is 0 Å². The van der Waals surface area contributed by atoms with Crippen molar-refractivity contribution in [2.24, 2.45) is 0 Å². The smallest absolute Gasteiger partial charge is 0.144 e. The van der Waals surface area contributed by atoms with Gasteiger partial charge in [-0.2, -0.15) is 0 Å². The van der Waals surface area contributed by atoms with Gasteiger partial charge in [0.15, 0.2) is 0 Å². The minimum absolute atomic E-state index is 1.11. The Kier molecular flexibility index (Phi) is 3.14. The van der Waals surface area contributed by atoms with Crippen LogP contribution in [0.4, 0.5) is 0 Å². The average molecular weight is 327 g/mol. The molecular weight excluding hydrogens is 315 g/mol. The Hall–Kier alpha value is -1.54. The van der Waals surface area contributed by atoms with Crippen molar-refractivity contribution in [2.45, 2.75) is 0 Å². The highest BCUT2D eigenvalue weighted by Crippen LogP contribution is 2.29. The lowest BCUT2D eigenvalue weighted by atomic mass is 9.98. The summed E-state index contributed by atoms with van der Waals surface area (Å²) >= 11 is 12.6. The molecule has 0 atom stereocenters. The van der Waals surface area contributed by atoms with E-state index in [4.69, 9.17) is 22.2 Å². The summed E-state index contributed by atoms with van der Waals surface area (Å²) in [5.41, 5.74) is 0. The second kappa shape index (κ2) is 5.02. The summed E-state index contributed by atoms with van der Waals surface area (Å²) in [6.45, 7) is 0. The van der Waals surface area contributed by atoms with Crippen LogP contribution < -0.4 is 5.19 Å². The van der Waals surface area contributed by atoms with Crippen molar-refractivity contribution < 1.29 is 0 Å². The minimum atomic E-state index is -1.90. The van der Waals surface area contributed by atoms with Crippen molar-refractivity contribution in [3.8, 4) is 0 Å². The molecule has 0 fully saturated rings. The number of halogens is 2. The monoisotopic (exact) mass is 326 g/mol. The lowest BCUT2D eigenvalue weighted by Gasteiger charge is -2.11. The molecule has 0 heterocycles. The summed E-state index contributed by atoms with van der Waals surface area (Å²) in [6.07, 6.45) is 0. The van der Waals surface area contributed by atoms with Gasteiger partial charge >= 0.3 is 0 Å². The third kappa shape index (κ3) is 2.13. The normalized spacial score (nSPS) is 11.8. The fraction of sp³-hybridized carbons (Fsp3) is 0. The molecule has 0 aliphatic heterocycles. The number of benzene rings is 4. The van der Waals surface area contributed by atoms with E-state index in [2.05, 4.69) is 60.7 Å². The largest absolute Gasteiger partial charge is 0.267 e. The summed E-state index contributed by atoms with van der Waals surface area (Å²) in [5.74, 6) is 0. The zero-order valence-electron chi connectivity index (χ0n) is 11.2. The topological polar surface area (TPSA) is 0 Å². The minimum Gasteiger partial charge on any atom is -0.144 e. The van der Waals surface area contributed by atoms with Crippen LogP contribution in [-0.4, -0.2) is 7.42 Å². The third-order valence-corrected chi connectivity index (χ3v) is 6.36. The first kappa shape index (κ1) is 13.1. The van der Waals surface area contributed by atoms with Gasteiger partial charge in [0.2, 0.25) is 0 Å². The summed E-state index contributed by atoms with van der Waals surface area (Å²) < 4.78 is 0. The van der Waals surface area contributed by atoms with E-state index in [1.54, 1.807) is 0 Å². The maximum atomic E-state index is 6.31. The highest BCUT2D eigenvalue weighted by molar-refractivity contribution is 7.40. The molecule has 0 bridgehead atoms. The van der Waals surface area contributed by atoms with Crippen LogP contribution in [0.1, 0.15) is 0 Å². The van der Waals surface area contributed by atoms with E-state index in [-0.39, 0.29) is 0 Å². The average Bonchev–Trinajstić information content (AvgIpc) is 2.52. The molecule has 0 aliphatic carbocycles. The van der Waals surface area contributed by atoms with E-state index in [9.17, 15) is 0 Å². The van der Waals surface area contributed by atoms with Crippen molar-refractivity contribution in [1.29, 1.82) is 0 Å². The van der Waals surface area contributed by atoms with Gasteiger partial charge in [-0.15, -0.1) is 22.2 Å². The predicted octanol–water partition coefficient (Wildman–Crippen LogP) is 5.05. The van der Waals surface area contributed by atoms with E-state index < -0.39 is 7.42 Å². The second-order valence-electron chi connectivity index (χ2n) is 5.23. The molecule has 102 valence electrons. The molecular formula is C18H12Cl2Si. The first-order valence-electron chi connectivity index (χ1n) is 6.86. The molecule has 0 radical (unpaired) electrons. The van der Waals surface area contributed by atoms with Crippen molar-refractivity contribution in [2.75, 3.05) is 0 Å². The predicted molar refractivity (Wildman–Crippen MR) is 97.4 cm³/mol. The molecule has 0 amide bonds. The standard InChI is InChI=1S/C18H12Cl2Si/c19-21(20)17-7-3-6-12-8-9-15-10-13-4-1-2-5-14(13)11-16(15)18(12)17/h1-11,21H. The zero-order valence-corrected chi connectivity index (χ0v) is 13.9. The number of rotatable bonds is 1. The Bertz CT molecular complexity index is 976. The van der Waals surface area contributed by atoms with Crippen molar-refractivity contribution >= 4 is 67.1 Å². The van der Waals surface area contributed by atoms with Gasteiger partial charge in [0.25, 0.3) is 7.42 Å². The van der Waals surface area contributed by atoms with Crippen molar-refractivity contribution in [3.63, 3.8) is 0 Å². The molecule has 0 saturated heterocycles. The van der Waals surface area contributed by atoms with Gasteiger partial charge in [-0.1, -0.05) is 54.6 Å². The van der Waals surface area contributed by atoms with Gasteiger partial charge < -0.3 is 0 Å². The summed E-state index contributed by atoms with van der Waals surface area (Å²) in [6, 6.07) is 23.5. The van der Waals surface area contributed by atoms with Crippen LogP contribution in [0.25, 0.3) is 32.3 Å². The van der Waals surface area contributed by atoms with Crippen molar-refractivity contribution in [3.05, 3.63) is 66.7 Å². The number of fused-ring (bicyclic) bond motifs is 4. The molecule has 0 N–H and O–H groups in total. The maximum Gasteiger partial charge on any atom is 0.267 e. The van der Waals surface area contributed by atoms with E-state index >= 15 is 0 Å². The van der Waals surface area contributed by atoms with E-state index in [0.717, 1.165) is 5.19 Å². The summed E-state index contributed by atoms with van der Waals surface area (Å²) in [4.78, 5) is 0. The van der Waals surface area contributed by atoms with Gasteiger partial charge in [0.05, 0.1) is 0 Å². The lowest BCUT2D eigenvalue weighted by molar-refractivity contribution is 1.79. The Morgan fingerprint density at radius 3 is 2.05 bits per heavy atom. The first-order valence-corrected chi connectivity index (χ1v) is 10.9. The van der Waals surface area contributed by atoms with E-state index in [1.165, 1.54) is 32.3 Å². The van der Waals surface area contributed by atoms with E-state index in [1.807, 2.05) is 6.07 Å². The molecule has 4 rings (SSSR count). The van der Waals surface area contributed by atoms with Crippen LogP contribution in [0, 0.1) is 0 Å². The summed E-state index contributed by atoms with van der Waals surface area (Å²) in [5, 5.41) is 8.49. The van der Waals surface area contributed by atoms with Crippen LogP contribution in [0.3, 0.4) is 0 Å². The summed E-state index contributed by atoms with van der Waals surface area (Å²) in [7, 11) is -1.90. The highest BCUT2D eigenvalue weighted by Gasteiger charge is 2.13. The molecule has 0 aliphatic rings. The van der Waals surface area contributed by atoms with Gasteiger partial charge in [0.1, 0.15) is 0 Å². The lowest BCUT2D eigenvalue weighted by Crippen LogP contribution is -2.18. The highest BCUT2D eigenvalue weighted by atomic mass is 35.7. The molecule has 0 unspecified atom stereocenters. The zero-order chi connectivity index (χ0) is 14.4. The molecule has 0 spiro atoms. The SMILES string of the molecule is Cl[SiH](Cl)c1cccc2ccc3cc4ccccc4cc3c12. The molecule has 3 heteroatoms. The van der Waals surface area contributed by atoms with Crippen LogP contribution in [0.15, 0.2) is 66.7 Å². The molecule has 0 saturated carbocycles. The quantitative estimate of drug-likeness (QED) is 0.199. The first-order chi connectivity index (χ1) is 10.2. The Balaban J connectivity index is 2.24.